The van der Waals surface area contributed by atoms with Crippen molar-refractivity contribution >= 4 is 0 Å². The van der Waals surface area contributed by atoms with E-state index in [4.69, 9.17) is 15.2 Å². The molecule has 0 radical (unpaired) electrons. The Morgan fingerprint density at radius 1 is 1.17 bits per heavy atom. The predicted molar refractivity (Wildman–Crippen MR) is 61.7 cm³/mol. The third kappa shape index (κ3) is 3.29. The molecule has 3 nitrogen and oxygen atoms in total. The summed E-state index contributed by atoms with van der Waals surface area (Å²) in [6.45, 7) is 2.60. The lowest BCUT2D eigenvalue weighted by atomic mass is 10.1. The lowest BCUT2D eigenvalue weighted by Gasteiger charge is -2.22. The van der Waals surface area contributed by atoms with Gasteiger partial charge >= 0.3 is 6.18 Å². The van der Waals surface area contributed by atoms with Gasteiger partial charge in [0.1, 0.15) is 11.5 Å². The largest absolute Gasteiger partial charge is 0.496 e. The third-order valence-electron chi connectivity index (χ3n) is 2.47. The summed E-state index contributed by atoms with van der Waals surface area (Å²) < 4.78 is 47.4. The maximum atomic E-state index is 12.5. The van der Waals surface area contributed by atoms with Gasteiger partial charge in [0.25, 0.3) is 0 Å². The van der Waals surface area contributed by atoms with Crippen LogP contribution in [-0.4, -0.2) is 19.4 Å². The summed E-state index contributed by atoms with van der Waals surface area (Å²) in [6.07, 6.45) is -6.32. The number of hydrogen-bond donors (Lipinski definition) is 1. The van der Waals surface area contributed by atoms with Crippen molar-refractivity contribution in [3.8, 4) is 11.5 Å². The van der Waals surface area contributed by atoms with Gasteiger partial charge in [0.2, 0.25) is 0 Å². The van der Waals surface area contributed by atoms with Crippen LogP contribution in [0.3, 0.4) is 0 Å². The molecule has 0 spiro atoms. The number of hydrogen-bond acceptors (Lipinski definition) is 3. The van der Waals surface area contributed by atoms with Crippen molar-refractivity contribution < 1.29 is 22.6 Å². The van der Waals surface area contributed by atoms with E-state index >= 15 is 0 Å². The molecule has 18 heavy (non-hydrogen) atoms. The van der Waals surface area contributed by atoms with Crippen LogP contribution in [0.1, 0.15) is 25.5 Å². The number of halogens is 3. The number of benzene rings is 1. The first-order valence-corrected chi connectivity index (χ1v) is 5.43. The highest BCUT2D eigenvalue weighted by molar-refractivity contribution is 5.46. The Hall–Kier alpha value is -1.43. The van der Waals surface area contributed by atoms with Crippen LogP contribution >= 0.6 is 0 Å². The van der Waals surface area contributed by atoms with Gasteiger partial charge in [0.05, 0.1) is 12.7 Å². The molecule has 1 aromatic rings. The van der Waals surface area contributed by atoms with E-state index in [-0.39, 0.29) is 5.75 Å². The summed E-state index contributed by atoms with van der Waals surface area (Å²) in [7, 11) is 1.43. The molecule has 2 N–H and O–H groups in total. The van der Waals surface area contributed by atoms with Crippen LogP contribution < -0.4 is 15.2 Å². The van der Waals surface area contributed by atoms with Gasteiger partial charge in [-0.3, -0.25) is 0 Å². The van der Waals surface area contributed by atoms with E-state index in [0.29, 0.717) is 11.3 Å². The maximum absolute atomic E-state index is 12.5. The third-order valence-corrected chi connectivity index (χ3v) is 2.47. The van der Waals surface area contributed by atoms with Crippen molar-refractivity contribution in [3.05, 3.63) is 23.8 Å². The molecule has 1 unspecified atom stereocenters. The van der Waals surface area contributed by atoms with Crippen molar-refractivity contribution in [1.82, 2.24) is 0 Å². The van der Waals surface area contributed by atoms with Gasteiger partial charge in [-0.05, 0) is 26.0 Å². The highest BCUT2D eigenvalue weighted by Gasteiger charge is 2.38. The van der Waals surface area contributed by atoms with Gasteiger partial charge in [0.15, 0.2) is 6.10 Å². The van der Waals surface area contributed by atoms with E-state index in [1.807, 2.05) is 0 Å². The van der Waals surface area contributed by atoms with Crippen LogP contribution in [0.5, 0.6) is 11.5 Å². The van der Waals surface area contributed by atoms with E-state index in [9.17, 15) is 13.2 Å². The molecule has 0 saturated heterocycles. The smallest absolute Gasteiger partial charge is 0.425 e. The molecule has 0 aliphatic rings. The molecule has 102 valence electrons. The molecule has 0 heterocycles. The first-order valence-electron chi connectivity index (χ1n) is 5.43. The summed E-state index contributed by atoms with van der Waals surface area (Å²) in [4.78, 5) is 0. The van der Waals surface area contributed by atoms with E-state index in [2.05, 4.69) is 0 Å². The number of ether oxygens (including phenoxy) is 2. The first kappa shape index (κ1) is 14.6. The second-order valence-corrected chi connectivity index (χ2v) is 3.96. The van der Waals surface area contributed by atoms with Gasteiger partial charge in [-0.15, -0.1) is 0 Å². The molecule has 0 aliphatic carbocycles. The fraction of sp³-hybridized carbons (Fsp3) is 0.500. The van der Waals surface area contributed by atoms with Crippen molar-refractivity contribution in [1.29, 1.82) is 0 Å². The lowest BCUT2D eigenvalue weighted by Crippen LogP contribution is -2.31. The first-order chi connectivity index (χ1) is 8.27. The molecule has 0 aliphatic heterocycles. The molecule has 1 rings (SSSR count). The Morgan fingerprint density at radius 3 is 2.17 bits per heavy atom. The molecule has 6 heteroatoms. The summed E-state index contributed by atoms with van der Waals surface area (Å²) >= 11 is 0. The Kier molecular flexibility index (Phi) is 4.45. The normalized spacial score (nSPS) is 15.1. The van der Waals surface area contributed by atoms with Gasteiger partial charge in [-0.2, -0.15) is 13.2 Å². The van der Waals surface area contributed by atoms with E-state index in [1.165, 1.54) is 13.2 Å². The standard InChI is InChI=1S/C12H16F3NO2/c1-7(16)11-9(17-3)5-4-6-10(11)18-8(2)12(13,14)15/h4-8H,16H2,1-3H3/t7-,8?/m1/s1. The van der Waals surface area contributed by atoms with Gasteiger partial charge < -0.3 is 15.2 Å². The number of methoxy groups -OCH3 is 1. The van der Waals surface area contributed by atoms with Crippen LogP contribution in [-0.2, 0) is 0 Å². The molecule has 2 atom stereocenters. The average Bonchev–Trinajstić information content (AvgIpc) is 2.26. The van der Waals surface area contributed by atoms with Gasteiger partial charge in [0, 0.05) is 6.04 Å². The predicted octanol–water partition coefficient (Wildman–Crippen LogP) is 3.04. The molecule has 0 bridgehead atoms. The van der Waals surface area contributed by atoms with Crippen LogP contribution in [0.2, 0.25) is 0 Å². The SMILES string of the molecule is COc1cccc(OC(C)C(F)(F)F)c1[C@@H](C)N. The quantitative estimate of drug-likeness (QED) is 0.908. The van der Waals surface area contributed by atoms with Crippen molar-refractivity contribution in [2.75, 3.05) is 7.11 Å². The zero-order valence-electron chi connectivity index (χ0n) is 10.4. The van der Waals surface area contributed by atoms with E-state index < -0.39 is 18.3 Å². The van der Waals surface area contributed by atoms with Crippen LogP contribution in [0.4, 0.5) is 13.2 Å². The van der Waals surface area contributed by atoms with Crippen molar-refractivity contribution in [2.45, 2.75) is 32.2 Å². The second-order valence-electron chi connectivity index (χ2n) is 3.96. The average molecular weight is 263 g/mol. The summed E-state index contributed by atoms with van der Waals surface area (Å²) in [6, 6.07) is 4.15. The molecule has 0 fully saturated rings. The van der Waals surface area contributed by atoms with Gasteiger partial charge in [-0.1, -0.05) is 6.07 Å². The van der Waals surface area contributed by atoms with Crippen LogP contribution in [0.15, 0.2) is 18.2 Å². The van der Waals surface area contributed by atoms with Crippen molar-refractivity contribution in [3.63, 3.8) is 0 Å². The minimum absolute atomic E-state index is 0.0918. The minimum atomic E-state index is -4.42. The number of rotatable bonds is 4. The molecule has 0 aromatic heterocycles. The highest BCUT2D eigenvalue weighted by atomic mass is 19.4. The molecule has 0 amide bonds. The second kappa shape index (κ2) is 5.48. The number of alkyl halides is 3. The Morgan fingerprint density at radius 2 is 1.72 bits per heavy atom. The van der Waals surface area contributed by atoms with E-state index in [1.54, 1.807) is 19.1 Å². The zero-order valence-corrected chi connectivity index (χ0v) is 10.4. The number of nitrogens with two attached hydrogens (primary N) is 1. The fourth-order valence-electron chi connectivity index (χ4n) is 1.51. The summed E-state index contributed by atoms with van der Waals surface area (Å²) in [5, 5.41) is 0. The molecular formula is C12H16F3NO2. The van der Waals surface area contributed by atoms with Crippen LogP contribution in [0.25, 0.3) is 0 Å². The maximum Gasteiger partial charge on any atom is 0.425 e. The summed E-state index contributed by atoms with van der Waals surface area (Å²) in [5.74, 6) is 0.506. The lowest BCUT2D eigenvalue weighted by molar-refractivity contribution is -0.189. The van der Waals surface area contributed by atoms with Gasteiger partial charge in [-0.25, -0.2) is 0 Å². The molecular weight excluding hydrogens is 247 g/mol. The monoisotopic (exact) mass is 263 g/mol. The zero-order chi connectivity index (χ0) is 13.9. The van der Waals surface area contributed by atoms with E-state index in [0.717, 1.165) is 6.92 Å². The summed E-state index contributed by atoms with van der Waals surface area (Å²) in [5.41, 5.74) is 6.16. The molecule has 0 saturated carbocycles. The topological polar surface area (TPSA) is 44.5 Å². The van der Waals surface area contributed by atoms with Crippen LogP contribution in [0, 0.1) is 0 Å². The Labute approximate surface area is 104 Å². The Bertz CT molecular complexity index is 405. The fourth-order valence-corrected chi connectivity index (χ4v) is 1.51. The van der Waals surface area contributed by atoms with Crippen molar-refractivity contribution in [2.24, 2.45) is 5.73 Å². The minimum Gasteiger partial charge on any atom is -0.496 e. The highest BCUT2D eigenvalue weighted by Crippen LogP contribution is 2.35. The Balaban J connectivity index is 3.09. The molecule has 1 aromatic carbocycles.